The molecule has 26 heavy (non-hydrogen) atoms. The van der Waals surface area contributed by atoms with Crippen LogP contribution in [0.15, 0.2) is 97.1 Å². The van der Waals surface area contributed by atoms with Crippen molar-refractivity contribution in [1.29, 1.82) is 0 Å². The highest BCUT2D eigenvalue weighted by Crippen LogP contribution is 2.41. The number of rotatable bonds is 2. The molecule has 0 bridgehead atoms. The van der Waals surface area contributed by atoms with Gasteiger partial charge in [-0.1, -0.05) is 48.5 Å². The van der Waals surface area contributed by atoms with Crippen molar-refractivity contribution in [2.24, 2.45) is 0 Å². The van der Waals surface area contributed by atoms with E-state index >= 15 is 0 Å². The second-order valence-electron chi connectivity index (χ2n) is 6.68. The normalized spacial score (nSPS) is 11.8. The van der Waals surface area contributed by atoms with E-state index in [0.29, 0.717) is 0 Å². The van der Waals surface area contributed by atoms with Crippen molar-refractivity contribution in [3.05, 3.63) is 97.1 Å². The number of benzene rings is 4. The van der Waals surface area contributed by atoms with E-state index < -0.39 is 0 Å². The summed E-state index contributed by atoms with van der Waals surface area (Å²) in [5.41, 5.74) is 7.44. The molecule has 0 saturated heterocycles. The van der Waals surface area contributed by atoms with Gasteiger partial charge >= 0.3 is 0 Å². The maximum Gasteiger partial charge on any atom is 0.0563 e. The van der Waals surface area contributed by atoms with Crippen molar-refractivity contribution in [2.75, 3.05) is 0 Å². The van der Waals surface area contributed by atoms with Crippen LogP contribution in [-0.2, 0) is 0 Å². The Hall–Kier alpha value is -3.52. The standard InChI is InChI=1S/C24H16N2/c1-3-9-17(10-4-1)25-19-13-7-15-21-23(19)24-20(25)14-8-16-22(24)26(21)18-11-5-2-6-12-18/h1-16H. The van der Waals surface area contributed by atoms with E-state index in [1.165, 1.54) is 44.2 Å². The molecule has 0 saturated carbocycles. The van der Waals surface area contributed by atoms with E-state index in [4.69, 9.17) is 0 Å². The Kier molecular flexibility index (Phi) is 2.64. The van der Waals surface area contributed by atoms with Crippen LogP contribution < -0.4 is 0 Å². The first-order valence-corrected chi connectivity index (χ1v) is 8.90. The molecule has 122 valence electrons. The molecule has 6 rings (SSSR count). The molecule has 4 aromatic carbocycles. The molecule has 0 aliphatic rings. The molecule has 0 fully saturated rings. The van der Waals surface area contributed by atoms with Gasteiger partial charge in [-0.3, -0.25) is 0 Å². The maximum atomic E-state index is 2.38. The van der Waals surface area contributed by atoms with Gasteiger partial charge in [0.2, 0.25) is 0 Å². The molecule has 0 N–H and O–H groups in total. The second-order valence-corrected chi connectivity index (χ2v) is 6.68. The molecule has 0 spiro atoms. The van der Waals surface area contributed by atoms with Crippen LogP contribution in [0.25, 0.3) is 44.2 Å². The van der Waals surface area contributed by atoms with Crippen LogP contribution >= 0.6 is 0 Å². The number of aromatic nitrogens is 2. The van der Waals surface area contributed by atoms with Crippen LogP contribution in [0.2, 0.25) is 0 Å². The Morgan fingerprint density at radius 1 is 0.346 bits per heavy atom. The van der Waals surface area contributed by atoms with E-state index in [0.717, 1.165) is 0 Å². The Bertz CT molecular complexity index is 1190. The summed E-state index contributed by atoms with van der Waals surface area (Å²) in [6.07, 6.45) is 0. The van der Waals surface area contributed by atoms with Gasteiger partial charge in [0.1, 0.15) is 0 Å². The van der Waals surface area contributed by atoms with Gasteiger partial charge in [-0.2, -0.15) is 0 Å². The van der Waals surface area contributed by atoms with Gasteiger partial charge in [-0.25, -0.2) is 0 Å². The van der Waals surface area contributed by atoms with Crippen molar-refractivity contribution in [1.82, 2.24) is 9.13 Å². The van der Waals surface area contributed by atoms with Crippen molar-refractivity contribution in [3.8, 4) is 11.4 Å². The molecule has 2 aromatic heterocycles. The Balaban J connectivity index is 1.85. The predicted octanol–water partition coefficient (Wildman–Crippen LogP) is 6.17. The Morgan fingerprint density at radius 2 is 0.692 bits per heavy atom. The molecular formula is C24H16N2. The fourth-order valence-corrected chi connectivity index (χ4v) is 4.28. The zero-order valence-electron chi connectivity index (χ0n) is 14.1. The number of para-hydroxylation sites is 2. The lowest BCUT2D eigenvalue weighted by Crippen LogP contribution is -1.97. The molecule has 2 heteroatoms. The van der Waals surface area contributed by atoms with E-state index in [1.807, 2.05) is 0 Å². The maximum absolute atomic E-state index is 2.38. The molecule has 6 aromatic rings. The third-order valence-corrected chi connectivity index (χ3v) is 5.28. The lowest BCUT2D eigenvalue weighted by Gasteiger charge is -2.12. The molecule has 0 radical (unpaired) electrons. The Labute approximate surface area is 150 Å². The van der Waals surface area contributed by atoms with Crippen molar-refractivity contribution < 1.29 is 0 Å². The smallest absolute Gasteiger partial charge is 0.0563 e. The predicted molar refractivity (Wildman–Crippen MR) is 109 cm³/mol. The molecule has 0 atom stereocenters. The molecule has 2 nitrogen and oxygen atoms in total. The van der Waals surface area contributed by atoms with Gasteiger partial charge in [-0.15, -0.1) is 0 Å². The zero-order valence-corrected chi connectivity index (χ0v) is 14.1. The summed E-state index contributed by atoms with van der Waals surface area (Å²) in [5, 5.41) is 2.68. The minimum atomic E-state index is 1.20. The van der Waals surface area contributed by atoms with Crippen LogP contribution in [0, 0.1) is 0 Å². The van der Waals surface area contributed by atoms with E-state index in [9.17, 15) is 0 Å². The molecule has 0 aliphatic carbocycles. The fourth-order valence-electron chi connectivity index (χ4n) is 4.28. The SMILES string of the molecule is c1ccc(-n2c3cccc4c3c3c2cccc3n4-c2ccccc2)cc1. The van der Waals surface area contributed by atoms with Crippen LogP contribution in [-0.4, -0.2) is 9.13 Å². The van der Waals surface area contributed by atoms with Crippen LogP contribution in [0.4, 0.5) is 0 Å². The fraction of sp³-hybridized carbons (Fsp3) is 0. The summed E-state index contributed by atoms with van der Waals surface area (Å²) < 4.78 is 4.75. The molecule has 0 amide bonds. The highest BCUT2D eigenvalue weighted by Gasteiger charge is 2.21. The van der Waals surface area contributed by atoms with Crippen molar-refractivity contribution in [2.45, 2.75) is 0 Å². The average Bonchev–Trinajstić information content (AvgIpc) is 3.23. The van der Waals surface area contributed by atoms with Gasteiger partial charge in [0.05, 0.1) is 22.1 Å². The summed E-state index contributed by atoms with van der Waals surface area (Å²) in [6, 6.07) is 34.5. The Morgan fingerprint density at radius 3 is 1.04 bits per heavy atom. The topological polar surface area (TPSA) is 9.86 Å². The summed E-state index contributed by atoms with van der Waals surface area (Å²) in [4.78, 5) is 0. The van der Waals surface area contributed by atoms with Gasteiger partial charge in [-0.05, 0) is 48.5 Å². The second kappa shape index (κ2) is 4.99. The largest absolute Gasteiger partial charge is 0.309 e. The molecule has 0 aliphatic heterocycles. The van der Waals surface area contributed by atoms with Gasteiger partial charge in [0, 0.05) is 22.1 Å². The third kappa shape index (κ3) is 1.66. The number of hydrogen-bond donors (Lipinski definition) is 0. The molecule has 2 heterocycles. The quantitative estimate of drug-likeness (QED) is 0.359. The van der Waals surface area contributed by atoms with Gasteiger partial charge in [0.15, 0.2) is 0 Å². The van der Waals surface area contributed by atoms with Gasteiger partial charge in [0.25, 0.3) is 0 Å². The minimum Gasteiger partial charge on any atom is -0.309 e. The van der Waals surface area contributed by atoms with Gasteiger partial charge < -0.3 is 9.13 Å². The monoisotopic (exact) mass is 332 g/mol. The third-order valence-electron chi connectivity index (χ3n) is 5.28. The first kappa shape index (κ1) is 13.7. The molecule has 0 unspecified atom stereocenters. The molecular weight excluding hydrogens is 316 g/mol. The van der Waals surface area contributed by atoms with Crippen molar-refractivity contribution in [3.63, 3.8) is 0 Å². The average molecular weight is 332 g/mol. The van der Waals surface area contributed by atoms with E-state index in [2.05, 4.69) is 106 Å². The summed E-state index contributed by atoms with van der Waals surface area (Å²) in [5.74, 6) is 0. The highest BCUT2D eigenvalue weighted by atomic mass is 15.0. The zero-order chi connectivity index (χ0) is 17.1. The number of nitrogens with zero attached hydrogens (tertiary/aromatic N) is 2. The summed E-state index contributed by atoms with van der Waals surface area (Å²) in [7, 11) is 0. The lowest BCUT2D eigenvalue weighted by atomic mass is 10.2. The summed E-state index contributed by atoms with van der Waals surface area (Å²) in [6.45, 7) is 0. The minimum absolute atomic E-state index is 1.20. The first-order valence-electron chi connectivity index (χ1n) is 8.90. The highest BCUT2D eigenvalue weighted by molar-refractivity contribution is 6.25. The first-order chi connectivity index (χ1) is 12.9. The van der Waals surface area contributed by atoms with Crippen LogP contribution in [0.3, 0.4) is 0 Å². The lowest BCUT2D eigenvalue weighted by molar-refractivity contribution is 1.16. The van der Waals surface area contributed by atoms with Crippen molar-refractivity contribution >= 4 is 32.8 Å². The van der Waals surface area contributed by atoms with Crippen LogP contribution in [0.1, 0.15) is 0 Å². The summed E-state index contributed by atoms with van der Waals surface area (Å²) >= 11 is 0. The van der Waals surface area contributed by atoms with E-state index in [1.54, 1.807) is 0 Å². The van der Waals surface area contributed by atoms with Crippen LogP contribution in [0.5, 0.6) is 0 Å². The van der Waals surface area contributed by atoms with E-state index in [-0.39, 0.29) is 0 Å². The number of hydrogen-bond acceptors (Lipinski definition) is 0.